The smallest absolute Gasteiger partial charge is 0.0949 e. The van der Waals surface area contributed by atoms with E-state index in [1.165, 1.54) is 21.2 Å². The second-order valence-electron chi connectivity index (χ2n) is 8.58. The van der Waals surface area contributed by atoms with Crippen LogP contribution < -0.4 is 21.2 Å². The van der Waals surface area contributed by atoms with Crippen LogP contribution in [-0.4, -0.2) is 10.9 Å². The maximum absolute atomic E-state index is 7.90. The predicted octanol–water partition coefficient (Wildman–Crippen LogP) is 7.45. The van der Waals surface area contributed by atoms with Crippen molar-refractivity contribution < 1.29 is 31.2 Å². The van der Waals surface area contributed by atoms with Crippen molar-refractivity contribution in [3.8, 4) is 0 Å². The van der Waals surface area contributed by atoms with Gasteiger partial charge < -0.3 is 7.43 Å². The Balaban J connectivity index is 0.000000727. The molecule has 4 aromatic rings. The summed E-state index contributed by atoms with van der Waals surface area (Å²) in [6, 6.07) is 43.4. The average molecular weight is 697 g/mol. The van der Waals surface area contributed by atoms with Gasteiger partial charge in [0.2, 0.25) is 0 Å². The fourth-order valence-electron chi connectivity index (χ4n) is 3.13. The van der Waals surface area contributed by atoms with Gasteiger partial charge in [-0.05, 0) is 57.8 Å². The molecule has 0 atom stereocenters. The van der Waals surface area contributed by atoms with E-state index in [0.717, 1.165) is 0 Å². The minimum absolute atomic E-state index is 0. The SMILES string of the molecule is C(=C/P(c1ccccc1)c1ccccc1)/P(c1ccccc1)c1ccccc1.CC(C)(C)OO.[CH3-].[Pt]. The Morgan fingerprint density at radius 3 is 0.889 bits per heavy atom. The van der Waals surface area contributed by atoms with Crippen LogP contribution in [0.5, 0.6) is 0 Å². The zero-order valence-corrected chi connectivity index (χ0v) is 25.3. The van der Waals surface area contributed by atoms with Crippen molar-refractivity contribution in [1.82, 2.24) is 0 Å². The van der Waals surface area contributed by atoms with Crippen molar-refractivity contribution in [2.45, 2.75) is 26.4 Å². The van der Waals surface area contributed by atoms with Crippen LogP contribution in [0.1, 0.15) is 20.8 Å². The van der Waals surface area contributed by atoms with E-state index < -0.39 is 21.4 Å². The second kappa shape index (κ2) is 16.8. The molecule has 0 aliphatic rings. The molecule has 0 bridgehead atoms. The third-order valence-corrected chi connectivity index (χ3v) is 9.32. The van der Waals surface area contributed by atoms with Gasteiger partial charge in [-0.25, -0.2) is 4.89 Å². The van der Waals surface area contributed by atoms with Crippen LogP contribution in [-0.2, 0) is 26.0 Å². The summed E-state index contributed by atoms with van der Waals surface area (Å²) < 4.78 is 0. The molecular formula is C31H35O2P2Pt-. The van der Waals surface area contributed by atoms with Gasteiger partial charge in [0.25, 0.3) is 0 Å². The Bertz CT molecular complexity index is 953. The molecule has 0 saturated carbocycles. The van der Waals surface area contributed by atoms with E-state index in [1.54, 1.807) is 20.8 Å². The Kier molecular flexibility index (Phi) is 15.0. The Morgan fingerprint density at radius 2 is 0.722 bits per heavy atom. The summed E-state index contributed by atoms with van der Waals surface area (Å²) >= 11 is 0. The largest absolute Gasteiger partial charge is 0.358 e. The summed E-state index contributed by atoms with van der Waals surface area (Å²) in [5.74, 6) is 4.90. The topological polar surface area (TPSA) is 29.5 Å². The molecule has 0 aromatic heterocycles. The van der Waals surface area contributed by atoms with Gasteiger partial charge in [-0.15, -0.1) is 0 Å². The fourth-order valence-corrected chi connectivity index (χ4v) is 7.45. The molecule has 0 aliphatic carbocycles. The summed E-state index contributed by atoms with van der Waals surface area (Å²) in [4.78, 5) is 3.94. The number of rotatable bonds is 6. The van der Waals surface area contributed by atoms with Gasteiger partial charge in [-0.2, -0.15) is 0 Å². The molecule has 0 heterocycles. The van der Waals surface area contributed by atoms with Crippen LogP contribution in [0.15, 0.2) is 133 Å². The van der Waals surface area contributed by atoms with Crippen molar-refractivity contribution in [3.05, 3.63) is 140 Å². The molecular weight excluding hydrogens is 661 g/mol. The van der Waals surface area contributed by atoms with E-state index in [0.29, 0.717) is 0 Å². The van der Waals surface area contributed by atoms with Gasteiger partial charge in [0.05, 0.1) is 5.60 Å². The van der Waals surface area contributed by atoms with Crippen LogP contribution in [0.4, 0.5) is 0 Å². The van der Waals surface area contributed by atoms with Crippen molar-refractivity contribution >= 4 is 37.1 Å². The molecule has 0 saturated heterocycles. The monoisotopic (exact) mass is 696 g/mol. The van der Waals surface area contributed by atoms with Crippen LogP contribution in [0.2, 0.25) is 0 Å². The third kappa shape index (κ3) is 10.6. The van der Waals surface area contributed by atoms with Crippen LogP contribution in [0.25, 0.3) is 0 Å². The van der Waals surface area contributed by atoms with Crippen molar-refractivity contribution in [2.24, 2.45) is 0 Å². The molecule has 5 heteroatoms. The molecule has 1 N–H and O–H groups in total. The van der Waals surface area contributed by atoms with E-state index in [1.807, 2.05) is 0 Å². The average Bonchev–Trinajstić information content (AvgIpc) is 2.89. The first-order chi connectivity index (χ1) is 16.5. The molecule has 36 heavy (non-hydrogen) atoms. The maximum atomic E-state index is 7.90. The van der Waals surface area contributed by atoms with E-state index in [2.05, 4.69) is 138 Å². The molecule has 0 unspecified atom stereocenters. The van der Waals surface area contributed by atoms with Crippen molar-refractivity contribution in [3.63, 3.8) is 0 Å². The predicted molar refractivity (Wildman–Crippen MR) is 157 cm³/mol. The van der Waals surface area contributed by atoms with E-state index >= 15 is 0 Å². The van der Waals surface area contributed by atoms with Crippen molar-refractivity contribution in [2.75, 3.05) is 0 Å². The van der Waals surface area contributed by atoms with Gasteiger partial charge in [0.1, 0.15) is 0 Å². The number of benzene rings is 4. The van der Waals surface area contributed by atoms with E-state index in [9.17, 15) is 0 Å². The molecule has 0 fully saturated rings. The Hall–Kier alpha value is -1.91. The summed E-state index contributed by atoms with van der Waals surface area (Å²) in [5.41, 5.74) is -0.403. The molecule has 4 aromatic carbocycles. The van der Waals surface area contributed by atoms with E-state index in [-0.39, 0.29) is 28.5 Å². The minimum atomic E-state index is -0.528. The summed E-state index contributed by atoms with van der Waals surface area (Å²) in [6.45, 7) is 5.31. The van der Waals surface area contributed by atoms with Gasteiger partial charge in [-0.1, -0.05) is 133 Å². The van der Waals surface area contributed by atoms with Gasteiger partial charge >= 0.3 is 0 Å². The normalized spacial score (nSPS) is 10.8. The molecule has 0 spiro atoms. The fraction of sp³-hybridized carbons (Fsp3) is 0.129. The van der Waals surface area contributed by atoms with Gasteiger partial charge in [0.15, 0.2) is 0 Å². The zero-order valence-electron chi connectivity index (χ0n) is 21.3. The molecule has 2 nitrogen and oxygen atoms in total. The molecule has 0 amide bonds. The first kappa shape index (κ1) is 32.1. The quantitative estimate of drug-likeness (QED) is 0.0984. The number of hydrogen-bond donors (Lipinski definition) is 1. The molecule has 0 aliphatic heterocycles. The summed E-state index contributed by atoms with van der Waals surface area (Å²) in [6.07, 6.45) is 0. The summed E-state index contributed by atoms with van der Waals surface area (Å²) in [5, 5.41) is 13.4. The van der Waals surface area contributed by atoms with Gasteiger partial charge in [-0.3, -0.25) is 5.26 Å². The molecule has 192 valence electrons. The number of hydrogen-bond acceptors (Lipinski definition) is 2. The van der Waals surface area contributed by atoms with Crippen LogP contribution in [0.3, 0.4) is 0 Å². The van der Waals surface area contributed by atoms with Crippen molar-refractivity contribution in [1.29, 1.82) is 0 Å². The molecule has 0 radical (unpaired) electrons. The Morgan fingerprint density at radius 1 is 0.528 bits per heavy atom. The minimum Gasteiger partial charge on any atom is -0.358 e. The molecule has 4 rings (SSSR count). The van der Waals surface area contributed by atoms with E-state index in [4.69, 9.17) is 5.26 Å². The summed E-state index contributed by atoms with van der Waals surface area (Å²) in [7, 11) is -1.06. The third-order valence-electron chi connectivity index (χ3n) is 4.78. The second-order valence-corrected chi connectivity index (χ2v) is 12.7. The standard InChI is InChI=1S/C26H22P2.C4H10O2.CH3.Pt/c1-5-13-23(14-6-1)27(24-15-7-2-8-16-24)21-22-28(25-17-9-3-10-18-25)26-19-11-4-12-20-26;1-4(2,3)6-5;;/h1-22H;5H,1-3H3;1H3;/q;;-1;/b22-21-;;;. The first-order valence-corrected chi connectivity index (χ1v) is 14.1. The van der Waals surface area contributed by atoms with Crippen LogP contribution in [0, 0.1) is 7.43 Å². The zero-order chi connectivity index (χ0) is 24.2. The first-order valence-electron chi connectivity index (χ1n) is 11.3. The van der Waals surface area contributed by atoms with Crippen LogP contribution >= 0.6 is 15.8 Å². The Labute approximate surface area is 234 Å². The maximum Gasteiger partial charge on any atom is 0.0949 e. The van der Waals surface area contributed by atoms with Gasteiger partial charge in [0, 0.05) is 21.1 Å².